The normalized spacial score (nSPS) is 11.4. The summed E-state index contributed by atoms with van der Waals surface area (Å²) in [6.07, 6.45) is 0. The van der Waals surface area contributed by atoms with Gasteiger partial charge >= 0.3 is 6.03 Å². The van der Waals surface area contributed by atoms with E-state index in [1.165, 1.54) is 4.90 Å². The molecule has 7 nitrogen and oxygen atoms in total. The lowest BCUT2D eigenvalue weighted by Crippen LogP contribution is -3.11. The van der Waals surface area contributed by atoms with Crippen molar-refractivity contribution < 1.29 is 19.3 Å². The van der Waals surface area contributed by atoms with Crippen molar-refractivity contribution in [3.63, 3.8) is 0 Å². The Morgan fingerprint density at radius 3 is 2.29 bits per heavy atom. The van der Waals surface area contributed by atoms with Crippen molar-refractivity contribution in [2.45, 2.75) is 0 Å². The van der Waals surface area contributed by atoms with Crippen LogP contribution < -0.4 is 15.5 Å². The van der Waals surface area contributed by atoms with E-state index >= 15 is 0 Å². The number of hydrogen-bond acceptors (Lipinski definition) is 3. The maximum Gasteiger partial charge on any atom is 0.326 e. The Kier molecular flexibility index (Phi) is 6.35. The molecule has 0 aliphatic heterocycles. The van der Waals surface area contributed by atoms with Crippen molar-refractivity contribution in [2.75, 3.05) is 39.5 Å². The summed E-state index contributed by atoms with van der Waals surface area (Å²) >= 11 is 0. The molecule has 0 aliphatic carbocycles. The van der Waals surface area contributed by atoms with E-state index in [0.717, 1.165) is 0 Å². The molecule has 1 rings (SSSR count). The Morgan fingerprint density at radius 1 is 1.10 bits per heavy atom. The van der Waals surface area contributed by atoms with Gasteiger partial charge in [0.2, 0.25) is 0 Å². The van der Waals surface area contributed by atoms with Gasteiger partial charge in [0.25, 0.3) is 11.8 Å². The van der Waals surface area contributed by atoms with Crippen LogP contribution in [0.1, 0.15) is 0 Å². The molecule has 0 saturated heterocycles. The number of nitrogens with zero attached hydrogens (tertiary/aromatic N) is 1. The lowest BCUT2D eigenvalue weighted by atomic mass is 10.3. The number of likely N-dealkylation sites (N-methyl/N-ethyl adjacent to an activating group) is 2. The van der Waals surface area contributed by atoms with E-state index in [9.17, 15) is 14.4 Å². The van der Waals surface area contributed by atoms with Crippen molar-refractivity contribution in [2.24, 2.45) is 0 Å². The Hall–Kier alpha value is -2.41. The molecular formula is C14H21N4O3+. The highest BCUT2D eigenvalue weighted by Crippen LogP contribution is 2.03. The van der Waals surface area contributed by atoms with Crippen LogP contribution in [0.5, 0.6) is 0 Å². The predicted octanol–water partition coefficient (Wildman–Crippen LogP) is -1.06. The molecule has 4 amide bonds. The smallest absolute Gasteiger partial charge is 0.326 e. The predicted molar refractivity (Wildman–Crippen MR) is 78.9 cm³/mol. The molecule has 1 atom stereocenters. The van der Waals surface area contributed by atoms with Gasteiger partial charge in [-0.15, -0.1) is 0 Å². The monoisotopic (exact) mass is 293 g/mol. The summed E-state index contributed by atoms with van der Waals surface area (Å²) < 4.78 is 0. The molecule has 0 saturated carbocycles. The van der Waals surface area contributed by atoms with Gasteiger partial charge in [0.15, 0.2) is 13.1 Å². The fourth-order valence-electron chi connectivity index (χ4n) is 1.61. The van der Waals surface area contributed by atoms with Gasteiger partial charge in [-0.2, -0.15) is 0 Å². The van der Waals surface area contributed by atoms with E-state index in [-0.39, 0.29) is 19.0 Å². The van der Waals surface area contributed by atoms with Crippen molar-refractivity contribution in [3.05, 3.63) is 30.3 Å². The number of benzene rings is 1. The highest BCUT2D eigenvalue weighted by Gasteiger charge is 2.16. The molecule has 0 fully saturated rings. The van der Waals surface area contributed by atoms with Gasteiger partial charge in [-0.05, 0) is 12.1 Å². The quantitative estimate of drug-likeness (QED) is 0.647. The number of amides is 4. The molecule has 21 heavy (non-hydrogen) atoms. The van der Waals surface area contributed by atoms with E-state index in [2.05, 4.69) is 10.6 Å². The number of hydrogen-bond donors (Lipinski definition) is 3. The summed E-state index contributed by atoms with van der Waals surface area (Å²) in [6, 6.07) is 8.24. The number of urea groups is 1. The van der Waals surface area contributed by atoms with Gasteiger partial charge in [-0.25, -0.2) is 4.79 Å². The average molecular weight is 293 g/mol. The third-order valence-corrected chi connectivity index (χ3v) is 2.70. The third kappa shape index (κ3) is 6.53. The SMILES string of the molecule is CN(C)C(=O)C[NH+](C)CC(=O)NC(=O)Nc1ccccc1. The lowest BCUT2D eigenvalue weighted by molar-refractivity contribution is -0.862. The van der Waals surface area contributed by atoms with Crippen LogP contribution in [0.4, 0.5) is 10.5 Å². The lowest BCUT2D eigenvalue weighted by Gasteiger charge is -2.16. The number of anilines is 1. The zero-order chi connectivity index (χ0) is 15.8. The van der Waals surface area contributed by atoms with Gasteiger partial charge in [-0.3, -0.25) is 14.9 Å². The van der Waals surface area contributed by atoms with Crippen LogP contribution in [-0.4, -0.2) is 57.0 Å². The number of imide groups is 1. The molecule has 7 heteroatoms. The second-order valence-electron chi connectivity index (χ2n) is 4.97. The van der Waals surface area contributed by atoms with Crippen molar-refractivity contribution in [1.29, 1.82) is 0 Å². The van der Waals surface area contributed by atoms with Gasteiger partial charge < -0.3 is 15.1 Å². The maximum atomic E-state index is 11.7. The minimum absolute atomic E-state index is 0.0434. The van der Waals surface area contributed by atoms with Crippen LogP contribution in [0, 0.1) is 0 Å². The number of carbonyl (C=O) groups excluding carboxylic acids is 3. The number of quaternary nitrogens is 1. The number of carbonyl (C=O) groups is 3. The van der Waals surface area contributed by atoms with Gasteiger partial charge in [-0.1, -0.05) is 18.2 Å². The molecule has 0 aliphatic rings. The average Bonchev–Trinajstić information content (AvgIpc) is 2.38. The molecule has 0 bridgehead atoms. The Balaban J connectivity index is 2.36. The number of nitrogens with one attached hydrogen (secondary N) is 3. The summed E-state index contributed by atoms with van der Waals surface area (Å²) in [5, 5.41) is 4.78. The van der Waals surface area contributed by atoms with Gasteiger partial charge in [0.05, 0.1) is 7.05 Å². The van der Waals surface area contributed by atoms with Gasteiger partial charge in [0.1, 0.15) is 0 Å². The van der Waals surface area contributed by atoms with E-state index in [4.69, 9.17) is 0 Å². The van der Waals surface area contributed by atoms with Crippen LogP contribution in [0.25, 0.3) is 0 Å². The van der Waals surface area contributed by atoms with E-state index in [1.807, 2.05) is 6.07 Å². The van der Waals surface area contributed by atoms with Crippen LogP contribution in [-0.2, 0) is 9.59 Å². The highest BCUT2D eigenvalue weighted by molar-refractivity contribution is 6.01. The fraction of sp³-hybridized carbons (Fsp3) is 0.357. The molecule has 1 unspecified atom stereocenters. The van der Waals surface area contributed by atoms with E-state index < -0.39 is 11.9 Å². The van der Waals surface area contributed by atoms with Crippen molar-refractivity contribution >= 4 is 23.5 Å². The topological polar surface area (TPSA) is 83.0 Å². The largest absolute Gasteiger partial charge is 0.344 e. The van der Waals surface area contributed by atoms with E-state index in [1.54, 1.807) is 45.4 Å². The zero-order valence-corrected chi connectivity index (χ0v) is 12.5. The third-order valence-electron chi connectivity index (χ3n) is 2.70. The first kappa shape index (κ1) is 16.6. The van der Waals surface area contributed by atoms with Crippen LogP contribution >= 0.6 is 0 Å². The highest BCUT2D eigenvalue weighted by atomic mass is 16.2. The first-order valence-electron chi connectivity index (χ1n) is 6.56. The van der Waals surface area contributed by atoms with Crippen molar-refractivity contribution in [1.82, 2.24) is 10.2 Å². The summed E-state index contributed by atoms with van der Waals surface area (Å²) in [7, 11) is 5.03. The van der Waals surface area contributed by atoms with Crippen molar-refractivity contribution in [3.8, 4) is 0 Å². The summed E-state index contributed by atoms with van der Waals surface area (Å²) in [4.78, 5) is 37.0. The Morgan fingerprint density at radius 2 is 1.71 bits per heavy atom. The molecule has 1 aromatic rings. The Bertz CT molecular complexity index is 502. The molecule has 0 aromatic heterocycles. The maximum absolute atomic E-state index is 11.7. The van der Waals surface area contributed by atoms with Crippen LogP contribution in [0.3, 0.4) is 0 Å². The molecule has 3 N–H and O–H groups in total. The number of para-hydroxylation sites is 1. The summed E-state index contributed by atoms with van der Waals surface area (Å²) in [5.41, 5.74) is 0.603. The van der Waals surface area contributed by atoms with Crippen LogP contribution in [0.2, 0.25) is 0 Å². The standard InChI is InChI=1S/C14H20N4O3/c1-17(2)13(20)10-18(3)9-12(19)16-14(21)15-11-7-5-4-6-8-11/h4-8H,9-10H2,1-3H3,(H2,15,16,19,21)/p+1. The van der Waals surface area contributed by atoms with Gasteiger partial charge in [0, 0.05) is 19.8 Å². The Labute approximate surface area is 123 Å². The molecule has 0 heterocycles. The molecule has 1 aromatic carbocycles. The fourth-order valence-corrected chi connectivity index (χ4v) is 1.61. The summed E-state index contributed by atoms with van der Waals surface area (Å²) in [5.74, 6) is -0.512. The first-order chi connectivity index (χ1) is 9.88. The second-order valence-corrected chi connectivity index (χ2v) is 4.97. The zero-order valence-electron chi connectivity index (χ0n) is 12.5. The second kappa shape index (κ2) is 8.01. The molecule has 114 valence electrons. The minimum Gasteiger partial charge on any atom is -0.344 e. The van der Waals surface area contributed by atoms with Crippen LogP contribution in [0.15, 0.2) is 30.3 Å². The van der Waals surface area contributed by atoms with E-state index in [0.29, 0.717) is 10.6 Å². The number of rotatable bonds is 5. The minimum atomic E-state index is -0.585. The molecule has 0 radical (unpaired) electrons. The summed E-state index contributed by atoms with van der Waals surface area (Å²) in [6.45, 7) is 0.239. The first-order valence-corrected chi connectivity index (χ1v) is 6.56. The molecule has 0 spiro atoms. The molecular weight excluding hydrogens is 272 g/mol.